The molecular formula is C19H23N5O. The molecule has 3 aromatic heterocycles. The number of anilines is 1. The van der Waals surface area contributed by atoms with Crippen molar-refractivity contribution in [3.8, 4) is 11.3 Å². The van der Waals surface area contributed by atoms with Gasteiger partial charge in [-0.3, -0.25) is 4.98 Å². The Hall–Kier alpha value is -2.47. The van der Waals surface area contributed by atoms with Crippen LogP contribution >= 0.6 is 0 Å². The van der Waals surface area contributed by atoms with Crippen molar-refractivity contribution >= 4 is 16.9 Å². The van der Waals surface area contributed by atoms with Gasteiger partial charge >= 0.3 is 0 Å². The molecule has 25 heavy (non-hydrogen) atoms. The van der Waals surface area contributed by atoms with Crippen LogP contribution in [0.4, 0.5) is 5.82 Å². The van der Waals surface area contributed by atoms with Gasteiger partial charge in [0.2, 0.25) is 0 Å². The third kappa shape index (κ3) is 3.09. The van der Waals surface area contributed by atoms with Gasteiger partial charge < -0.3 is 15.4 Å². The van der Waals surface area contributed by atoms with Crippen molar-refractivity contribution in [3.63, 3.8) is 0 Å². The first-order valence-corrected chi connectivity index (χ1v) is 8.70. The Balaban J connectivity index is 1.71. The molecule has 3 heterocycles. The Morgan fingerprint density at radius 2 is 2.08 bits per heavy atom. The lowest BCUT2D eigenvalue weighted by molar-refractivity contribution is 0.133. The largest absolute Gasteiger partial charge is 0.391 e. The quantitative estimate of drug-likeness (QED) is 0.663. The van der Waals surface area contributed by atoms with Crippen molar-refractivity contribution in [1.82, 2.24) is 19.9 Å². The fraction of sp³-hybridized carbons (Fsp3) is 0.421. The van der Waals surface area contributed by atoms with Crippen molar-refractivity contribution < 1.29 is 5.11 Å². The third-order valence-corrected chi connectivity index (χ3v) is 5.01. The van der Waals surface area contributed by atoms with Gasteiger partial charge in [0, 0.05) is 23.3 Å². The maximum absolute atomic E-state index is 9.90. The number of rotatable bonds is 5. The van der Waals surface area contributed by atoms with Gasteiger partial charge in [-0.05, 0) is 51.2 Å². The first-order valence-electron chi connectivity index (χ1n) is 8.70. The van der Waals surface area contributed by atoms with Crippen LogP contribution in [0.2, 0.25) is 0 Å². The lowest BCUT2D eigenvalue weighted by Gasteiger charge is -2.29. The van der Waals surface area contributed by atoms with Gasteiger partial charge in [-0.2, -0.15) is 0 Å². The number of hydrogen-bond acceptors (Lipinski definition) is 5. The number of aliphatic hydroxyl groups excluding tert-OH is 1. The van der Waals surface area contributed by atoms with Crippen molar-refractivity contribution in [2.75, 3.05) is 5.32 Å². The molecule has 130 valence electrons. The van der Waals surface area contributed by atoms with Crippen molar-refractivity contribution in [2.24, 2.45) is 0 Å². The average Bonchev–Trinajstić information content (AvgIpc) is 3.34. The van der Waals surface area contributed by atoms with Gasteiger partial charge in [-0.15, -0.1) is 0 Å². The maximum Gasteiger partial charge on any atom is 0.145 e. The smallest absolute Gasteiger partial charge is 0.145 e. The number of aromatic nitrogens is 4. The van der Waals surface area contributed by atoms with E-state index in [-0.39, 0.29) is 0 Å². The van der Waals surface area contributed by atoms with E-state index >= 15 is 0 Å². The van der Waals surface area contributed by atoms with Crippen LogP contribution in [-0.4, -0.2) is 36.7 Å². The molecule has 1 saturated carbocycles. The number of aliphatic hydroxyl groups is 1. The molecule has 3 aromatic rings. The van der Waals surface area contributed by atoms with Crippen LogP contribution in [0, 0.1) is 0 Å². The van der Waals surface area contributed by atoms with Crippen LogP contribution in [0.5, 0.6) is 0 Å². The normalized spacial score (nSPS) is 16.2. The molecule has 1 fully saturated rings. The molecule has 0 spiro atoms. The number of nitrogens with one attached hydrogen (secondary N) is 2. The van der Waals surface area contributed by atoms with E-state index in [0.717, 1.165) is 22.3 Å². The molecule has 0 amide bonds. The van der Waals surface area contributed by atoms with Gasteiger partial charge in [-0.1, -0.05) is 0 Å². The second-order valence-electron chi connectivity index (χ2n) is 7.45. The second kappa shape index (κ2) is 5.81. The van der Waals surface area contributed by atoms with Crippen LogP contribution in [0.3, 0.4) is 0 Å². The minimum Gasteiger partial charge on any atom is -0.391 e. The number of nitrogens with zero attached hydrogens (tertiary/aromatic N) is 3. The minimum absolute atomic E-state index is 0.492. The van der Waals surface area contributed by atoms with E-state index in [4.69, 9.17) is 4.98 Å². The number of pyridine rings is 1. The van der Waals surface area contributed by atoms with Crippen LogP contribution in [0.25, 0.3) is 22.3 Å². The number of hydrogen-bond donors (Lipinski definition) is 3. The summed E-state index contributed by atoms with van der Waals surface area (Å²) in [6.07, 6.45) is 9.32. The zero-order valence-corrected chi connectivity index (χ0v) is 14.7. The summed E-state index contributed by atoms with van der Waals surface area (Å²) >= 11 is 0. The summed E-state index contributed by atoms with van der Waals surface area (Å²) in [6, 6.07) is 2.22. The van der Waals surface area contributed by atoms with Crippen LogP contribution < -0.4 is 5.32 Å². The molecule has 0 saturated heterocycles. The van der Waals surface area contributed by atoms with Crippen LogP contribution in [-0.2, 0) is 0 Å². The van der Waals surface area contributed by atoms with Gasteiger partial charge in [0.05, 0.1) is 29.7 Å². The Morgan fingerprint density at radius 3 is 2.80 bits per heavy atom. The Bertz CT molecular complexity index is 911. The fourth-order valence-corrected chi connectivity index (χ4v) is 2.86. The van der Waals surface area contributed by atoms with E-state index in [0.29, 0.717) is 11.7 Å². The molecule has 0 aliphatic heterocycles. The standard InChI is InChI=1S/C19H23N5O/c1-11(25)19(2,3)24-17-10-20-9-16(23-17)15-8-22-18-14(15)6-13(7-21-18)12-4-5-12/h6-12,25H,4-5H2,1-3H3,(H,21,22)(H,23,24). The summed E-state index contributed by atoms with van der Waals surface area (Å²) in [7, 11) is 0. The first-order chi connectivity index (χ1) is 11.9. The lowest BCUT2D eigenvalue weighted by atomic mass is 9.99. The molecule has 0 bridgehead atoms. The van der Waals surface area contributed by atoms with E-state index in [1.54, 1.807) is 19.3 Å². The molecule has 1 aliphatic rings. The molecule has 1 unspecified atom stereocenters. The molecule has 6 nitrogen and oxygen atoms in total. The predicted octanol–water partition coefficient (Wildman–Crippen LogP) is 3.47. The van der Waals surface area contributed by atoms with Gasteiger partial charge in [0.25, 0.3) is 0 Å². The highest BCUT2D eigenvalue weighted by molar-refractivity contribution is 5.92. The van der Waals surface area contributed by atoms with Gasteiger partial charge in [0.1, 0.15) is 11.5 Å². The Morgan fingerprint density at radius 1 is 1.28 bits per heavy atom. The summed E-state index contributed by atoms with van der Waals surface area (Å²) in [6.45, 7) is 5.63. The minimum atomic E-state index is -0.517. The third-order valence-electron chi connectivity index (χ3n) is 5.01. The SMILES string of the molecule is CC(O)C(C)(C)Nc1cncc(-c2c[nH]c3ncc(C4CC4)cc23)n1. The monoisotopic (exact) mass is 337 g/mol. The summed E-state index contributed by atoms with van der Waals surface area (Å²) in [4.78, 5) is 16.8. The summed E-state index contributed by atoms with van der Waals surface area (Å²) in [5, 5.41) is 14.2. The molecule has 4 rings (SSSR count). The number of H-pyrrole nitrogens is 1. The fourth-order valence-electron chi connectivity index (χ4n) is 2.86. The molecule has 6 heteroatoms. The highest BCUT2D eigenvalue weighted by atomic mass is 16.3. The van der Waals surface area contributed by atoms with E-state index in [1.807, 2.05) is 26.2 Å². The van der Waals surface area contributed by atoms with Gasteiger partial charge in [-0.25, -0.2) is 9.97 Å². The highest BCUT2D eigenvalue weighted by Gasteiger charge is 2.26. The van der Waals surface area contributed by atoms with Crippen molar-refractivity contribution in [1.29, 1.82) is 0 Å². The predicted molar refractivity (Wildman–Crippen MR) is 98.5 cm³/mol. The van der Waals surface area contributed by atoms with Crippen molar-refractivity contribution in [3.05, 3.63) is 36.4 Å². The molecular weight excluding hydrogens is 314 g/mol. The molecule has 0 radical (unpaired) electrons. The summed E-state index contributed by atoms with van der Waals surface area (Å²) in [5.74, 6) is 1.30. The zero-order valence-electron chi connectivity index (χ0n) is 14.7. The summed E-state index contributed by atoms with van der Waals surface area (Å²) < 4.78 is 0. The second-order valence-corrected chi connectivity index (χ2v) is 7.45. The topological polar surface area (TPSA) is 86.7 Å². The molecule has 3 N–H and O–H groups in total. The van der Waals surface area contributed by atoms with Crippen LogP contribution in [0.15, 0.2) is 30.9 Å². The number of aromatic amines is 1. The molecule has 1 aliphatic carbocycles. The first kappa shape index (κ1) is 16.0. The Kier molecular flexibility index (Phi) is 3.72. The highest BCUT2D eigenvalue weighted by Crippen LogP contribution is 2.41. The average molecular weight is 337 g/mol. The number of fused-ring (bicyclic) bond motifs is 1. The van der Waals surface area contributed by atoms with Crippen molar-refractivity contribution in [2.45, 2.75) is 51.2 Å². The maximum atomic E-state index is 9.90. The van der Waals surface area contributed by atoms with E-state index < -0.39 is 11.6 Å². The zero-order chi connectivity index (χ0) is 17.6. The van der Waals surface area contributed by atoms with E-state index in [2.05, 4.69) is 26.3 Å². The van der Waals surface area contributed by atoms with E-state index in [9.17, 15) is 5.11 Å². The molecule has 0 aromatic carbocycles. The molecule has 1 atom stereocenters. The summed E-state index contributed by atoms with van der Waals surface area (Å²) in [5.41, 5.74) is 3.45. The van der Waals surface area contributed by atoms with E-state index in [1.165, 1.54) is 18.4 Å². The van der Waals surface area contributed by atoms with Gasteiger partial charge in [0.15, 0.2) is 0 Å². The Labute approximate surface area is 146 Å². The lowest BCUT2D eigenvalue weighted by Crippen LogP contribution is -2.42. The van der Waals surface area contributed by atoms with Crippen LogP contribution in [0.1, 0.15) is 45.1 Å².